The second-order valence-electron chi connectivity index (χ2n) is 3.27. The monoisotopic (exact) mass is 169 g/mol. The predicted octanol–water partition coefficient (Wildman–Crippen LogP) is 1.00. The van der Waals surface area contributed by atoms with Crippen LogP contribution in [0.25, 0.3) is 0 Å². The molecule has 0 amide bonds. The number of aromatic nitrogens is 2. The average Bonchev–Trinajstić information content (AvgIpc) is 2.51. The van der Waals surface area contributed by atoms with Crippen molar-refractivity contribution in [2.24, 2.45) is 5.73 Å². The average molecular weight is 169 g/mol. The number of hydrogen-bond acceptors (Lipinski definition) is 4. The first-order valence-corrected chi connectivity index (χ1v) is 4.13. The molecule has 0 radical (unpaired) electrons. The van der Waals surface area contributed by atoms with Crippen LogP contribution >= 0.6 is 0 Å². The molecule has 0 bridgehead atoms. The van der Waals surface area contributed by atoms with Crippen molar-refractivity contribution in [3.8, 4) is 0 Å². The van der Waals surface area contributed by atoms with Crippen molar-refractivity contribution in [3.63, 3.8) is 0 Å². The third-order valence-corrected chi connectivity index (χ3v) is 2.27. The van der Waals surface area contributed by atoms with Crippen LogP contribution in [0, 0.1) is 6.92 Å². The molecular formula is C8H15N3O. The molecule has 4 heteroatoms. The molecule has 0 saturated carbocycles. The van der Waals surface area contributed by atoms with Crippen molar-refractivity contribution < 1.29 is 4.52 Å². The van der Waals surface area contributed by atoms with Crippen LogP contribution in [0.2, 0.25) is 0 Å². The Kier molecular flexibility index (Phi) is 2.47. The third-order valence-electron chi connectivity index (χ3n) is 2.27. The lowest BCUT2D eigenvalue weighted by atomic mass is 9.88. The van der Waals surface area contributed by atoms with Crippen LogP contribution in [-0.2, 0) is 5.41 Å². The molecule has 0 spiro atoms. The predicted molar refractivity (Wildman–Crippen MR) is 45.7 cm³/mol. The van der Waals surface area contributed by atoms with Crippen LogP contribution in [-0.4, -0.2) is 16.7 Å². The Morgan fingerprint density at radius 2 is 2.25 bits per heavy atom. The molecule has 1 rings (SSSR count). The number of nitrogens with two attached hydrogens (primary N) is 1. The van der Waals surface area contributed by atoms with Gasteiger partial charge in [-0.1, -0.05) is 12.1 Å². The minimum Gasteiger partial charge on any atom is -0.339 e. The number of rotatable bonds is 3. The first-order chi connectivity index (χ1) is 5.62. The van der Waals surface area contributed by atoms with Gasteiger partial charge >= 0.3 is 0 Å². The van der Waals surface area contributed by atoms with E-state index in [2.05, 4.69) is 17.1 Å². The van der Waals surface area contributed by atoms with Crippen molar-refractivity contribution in [1.29, 1.82) is 0 Å². The smallest absolute Gasteiger partial charge is 0.233 e. The molecule has 1 atom stereocenters. The highest BCUT2D eigenvalue weighted by Crippen LogP contribution is 2.23. The van der Waals surface area contributed by atoms with E-state index in [0.717, 1.165) is 6.42 Å². The van der Waals surface area contributed by atoms with E-state index >= 15 is 0 Å². The molecule has 4 nitrogen and oxygen atoms in total. The van der Waals surface area contributed by atoms with E-state index in [1.54, 1.807) is 6.92 Å². The van der Waals surface area contributed by atoms with Gasteiger partial charge in [-0.15, -0.1) is 0 Å². The van der Waals surface area contributed by atoms with E-state index in [1.807, 2.05) is 6.92 Å². The van der Waals surface area contributed by atoms with Crippen LogP contribution in [0.3, 0.4) is 0 Å². The summed E-state index contributed by atoms with van der Waals surface area (Å²) in [7, 11) is 0. The Bertz CT molecular complexity index is 253. The molecule has 12 heavy (non-hydrogen) atoms. The fourth-order valence-electron chi connectivity index (χ4n) is 0.925. The van der Waals surface area contributed by atoms with Gasteiger partial charge in [-0.3, -0.25) is 0 Å². The van der Waals surface area contributed by atoms with E-state index < -0.39 is 0 Å². The molecule has 2 N–H and O–H groups in total. The highest BCUT2D eigenvalue weighted by Gasteiger charge is 2.28. The van der Waals surface area contributed by atoms with Gasteiger partial charge in [0.2, 0.25) is 5.89 Å². The van der Waals surface area contributed by atoms with Gasteiger partial charge in [0, 0.05) is 6.54 Å². The van der Waals surface area contributed by atoms with Crippen molar-refractivity contribution in [2.75, 3.05) is 6.54 Å². The molecule has 0 fully saturated rings. The van der Waals surface area contributed by atoms with Crippen LogP contribution in [0.1, 0.15) is 32.0 Å². The van der Waals surface area contributed by atoms with Crippen molar-refractivity contribution in [1.82, 2.24) is 10.1 Å². The summed E-state index contributed by atoms with van der Waals surface area (Å²) in [6, 6.07) is 0. The van der Waals surface area contributed by atoms with E-state index in [1.165, 1.54) is 0 Å². The van der Waals surface area contributed by atoms with Gasteiger partial charge in [0.15, 0.2) is 5.82 Å². The van der Waals surface area contributed by atoms with Gasteiger partial charge in [0.05, 0.1) is 5.41 Å². The quantitative estimate of drug-likeness (QED) is 0.733. The molecule has 0 aliphatic rings. The number of aryl methyl sites for hydroxylation is 1. The van der Waals surface area contributed by atoms with Gasteiger partial charge < -0.3 is 10.3 Å². The summed E-state index contributed by atoms with van der Waals surface area (Å²) < 4.78 is 5.07. The fraction of sp³-hybridized carbons (Fsp3) is 0.750. The Hall–Kier alpha value is -0.900. The van der Waals surface area contributed by atoms with Gasteiger partial charge in [-0.25, -0.2) is 0 Å². The molecule has 1 unspecified atom stereocenters. The van der Waals surface area contributed by atoms with Gasteiger partial charge in [-0.2, -0.15) is 4.98 Å². The van der Waals surface area contributed by atoms with E-state index in [9.17, 15) is 0 Å². The second-order valence-corrected chi connectivity index (χ2v) is 3.27. The Balaban J connectivity index is 2.94. The Morgan fingerprint density at radius 3 is 2.58 bits per heavy atom. The number of hydrogen-bond donors (Lipinski definition) is 1. The van der Waals surface area contributed by atoms with Crippen LogP contribution in [0.4, 0.5) is 0 Å². The topological polar surface area (TPSA) is 64.9 Å². The minimum absolute atomic E-state index is 0.165. The van der Waals surface area contributed by atoms with Crippen LogP contribution < -0.4 is 5.73 Å². The summed E-state index contributed by atoms with van der Waals surface area (Å²) in [5.41, 5.74) is 5.47. The summed E-state index contributed by atoms with van der Waals surface area (Å²) in [5.74, 6) is 1.31. The van der Waals surface area contributed by atoms with Crippen LogP contribution in [0.5, 0.6) is 0 Å². The third kappa shape index (κ3) is 1.48. The first-order valence-electron chi connectivity index (χ1n) is 4.13. The largest absolute Gasteiger partial charge is 0.339 e. The van der Waals surface area contributed by atoms with E-state index in [0.29, 0.717) is 18.3 Å². The molecule has 1 heterocycles. The van der Waals surface area contributed by atoms with Crippen molar-refractivity contribution in [3.05, 3.63) is 11.7 Å². The molecule has 1 aromatic heterocycles. The van der Waals surface area contributed by atoms with Crippen molar-refractivity contribution >= 4 is 0 Å². The summed E-state index contributed by atoms with van der Waals surface area (Å²) >= 11 is 0. The maximum atomic E-state index is 5.63. The van der Waals surface area contributed by atoms with Crippen molar-refractivity contribution in [2.45, 2.75) is 32.6 Å². The Morgan fingerprint density at radius 1 is 1.58 bits per heavy atom. The lowest BCUT2D eigenvalue weighted by molar-refractivity contribution is 0.289. The van der Waals surface area contributed by atoms with Gasteiger partial charge in [0.25, 0.3) is 0 Å². The molecule has 0 aliphatic carbocycles. The maximum Gasteiger partial charge on any atom is 0.233 e. The lowest BCUT2D eigenvalue weighted by Crippen LogP contribution is -2.31. The molecule has 0 aromatic carbocycles. The highest BCUT2D eigenvalue weighted by molar-refractivity contribution is 5.02. The summed E-state index contributed by atoms with van der Waals surface area (Å²) in [5, 5.41) is 3.74. The highest BCUT2D eigenvalue weighted by atomic mass is 16.5. The summed E-state index contributed by atoms with van der Waals surface area (Å²) in [6.45, 7) is 6.43. The van der Waals surface area contributed by atoms with Crippen LogP contribution in [0.15, 0.2) is 4.52 Å². The van der Waals surface area contributed by atoms with E-state index in [-0.39, 0.29) is 5.41 Å². The molecule has 0 aliphatic heterocycles. The number of nitrogens with zero attached hydrogens (tertiary/aromatic N) is 2. The zero-order chi connectivity index (χ0) is 9.19. The molecule has 0 saturated heterocycles. The van der Waals surface area contributed by atoms with E-state index in [4.69, 9.17) is 10.3 Å². The molecule has 1 aromatic rings. The standard InChI is InChI=1S/C8H15N3O/c1-4-8(3,5-9)7-10-6(2)11-12-7/h4-5,9H2,1-3H3. The second kappa shape index (κ2) is 3.23. The zero-order valence-electron chi connectivity index (χ0n) is 7.79. The van der Waals surface area contributed by atoms with Gasteiger partial charge in [-0.05, 0) is 20.3 Å². The molecule has 68 valence electrons. The SMILES string of the molecule is CCC(C)(CN)c1nc(C)no1. The zero-order valence-corrected chi connectivity index (χ0v) is 7.79. The molecular weight excluding hydrogens is 154 g/mol. The maximum absolute atomic E-state index is 5.63. The lowest BCUT2D eigenvalue weighted by Gasteiger charge is -2.20. The summed E-state index contributed by atoms with van der Waals surface area (Å²) in [4.78, 5) is 4.17. The summed E-state index contributed by atoms with van der Waals surface area (Å²) in [6.07, 6.45) is 0.908. The normalized spacial score (nSPS) is 16.0. The fourth-order valence-corrected chi connectivity index (χ4v) is 0.925. The first kappa shape index (κ1) is 9.19. The van der Waals surface area contributed by atoms with Gasteiger partial charge in [0.1, 0.15) is 0 Å². The Labute approximate surface area is 72.1 Å². The minimum atomic E-state index is -0.165.